The third-order valence-corrected chi connectivity index (χ3v) is 9.09. The van der Waals surface area contributed by atoms with Gasteiger partial charge in [-0.25, -0.2) is 8.42 Å². The Hall–Kier alpha value is -2.91. The average molecular weight is 526 g/mol. The van der Waals surface area contributed by atoms with Crippen molar-refractivity contribution < 1.29 is 35.6 Å². The molecule has 1 N–H and O–H groups in total. The van der Waals surface area contributed by atoms with Gasteiger partial charge in [-0.2, -0.15) is 18.4 Å². The summed E-state index contributed by atoms with van der Waals surface area (Å²) >= 11 is 0. The molecule has 0 aliphatic heterocycles. The first-order valence-corrected chi connectivity index (χ1v) is 13.1. The van der Waals surface area contributed by atoms with E-state index < -0.39 is 55.2 Å². The number of amides is 1. The fraction of sp³-hybridized carbons (Fsp3) is 0.542. The fourth-order valence-electron chi connectivity index (χ4n) is 4.83. The van der Waals surface area contributed by atoms with Crippen LogP contribution in [0.4, 0.5) is 13.2 Å². The number of benzene rings is 1. The van der Waals surface area contributed by atoms with Crippen LogP contribution in [0.15, 0.2) is 27.6 Å². The summed E-state index contributed by atoms with van der Waals surface area (Å²) in [6, 6.07) is 5.10. The molecule has 0 bridgehead atoms. The molecule has 12 heteroatoms. The van der Waals surface area contributed by atoms with Crippen LogP contribution in [0.25, 0.3) is 11.1 Å². The number of hydrogen-bond acceptors (Lipinski definition) is 7. The van der Waals surface area contributed by atoms with Gasteiger partial charge in [-0.3, -0.25) is 4.79 Å². The van der Waals surface area contributed by atoms with Crippen LogP contribution in [0.1, 0.15) is 49.6 Å². The molecule has 2 aliphatic carbocycles. The number of ether oxygens (including phenoxy) is 1. The van der Waals surface area contributed by atoms with Crippen LogP contribution in [0, 0.1) is 31.1 Å². The van der Waals surface area contributed by atoms with Gasteiger partial charge in [-0.05, 0) is 64.2 Å². The van der Waals surface area contributed by atoms with Crippen LogP contribution in [0.2, 0.25) is 0 Å². The lowest BCUT2D eigenvalue weighted by Gasteiger charge is -2.20. The second-order valence-electron chi connectivity index (χ2n) is 9.33. The molecular formula is C24H26F3N3O5S. The summed E-state index contributed by atoms with van der Waals surface area (Å²) in [7, 11) is -4.49. The third-order valence-electron chi connectivity index (χ3n) is 6.86. The Morgan fingerprint density at radius 1 is 1.31 bits per heavy atom. The molecule has 3 atom stereocenters. The smallest absolute Gasteiger partial charge is 0.378 e. The molecule has 2 fully saturated rings. The monoisotopic (exact) mass is 525 g/mol. The molecule has 0 spiro atoms. The maximum atomic E-state index is 14.1. The van der Waals surface area contributed by atoms with Crippen LogP contribution < -0.4 is 5.32 Å². The Labute approximate surface area is 206 Å². The van der Waals surface area contributed by atoms with Crippen molar-refractivity contribution in [3.8, 4) is 17.2 Å². The molecule has 2 saturated carbocycles. The first kappa shape index (κ1) is 26.2. The number of aryl methyl sites for hydroxylation is 2. The van der Waals surface area contributed by atoms with Gasteiger partial charge in [-0.15, -0.1) is 0 Å². The Morgan fingerprint density at radius 2 is 2.00 bits per heavy atom. The van der Waals surface area contributed by atoms with Crippen LogP contribution in [-0.2, 0) is 25.5 Å². The third kappa shape index (κ3) is 4.74. The zero-order valence-electron chi connectivity index (χ0n) is 20.0. The van der Waals surface area contributed by atoms with Crippen molar-refractivity contribution in [1.29, 1.82) is 5.26 Å². The van der Waals surface area contributed by atoms with Crippen molar-refractivity contribution >= 4 is 15.7 Å². The highest BCUT2D eigenvalue weighted by Gasteiger charge is 2.51. The number of alkyl halides is 3. The normalized spacial score (nSPS) is 23.3. The Balaban J connectivity index is 1.69. The molecule has 1 aromatic heterocycles. The van der Waals surface area contributed by atoms with Gasteiger partial charge >= 0.3 is 6.18 Å². The number of carbonyl (C=O) groups excluding carboxylic acids is 1. The zero-order valence-corrected chi connectivity index (χ0v) is 20.8. The molecule has 36 heavy (non-hydrogen) atoms. The van der Waals surface area contributed by atoms with Crippen LogP contribution >= 0.6 is 0 Å². The summed E-state index contributed by atoms with van der Waals surface area (Å²) in [5, 5.41) is 14.4. The first-order valence-electron chi connectivity index (χ1n) is 11.6. The Kier molecular flexibility index (Phi) is 6.68. The molecule has 1 unspecified atom stereocenters. The first-order chi connectivity index (χ1) is 16.8. The van der Waals surface area contributed by atoms with Crippen molar-refractivity contribution in [2.45, 2.75) is 74.4 Å². The number of rotatable bonds is 7. The fourth-order valence-corrected chi connectivity index (χ4v) is 6.83. The van der Waals surface area contributed by atoms with E-state index in [0.717, 1.165) is 12.1 Å². The highest BCUT2D eigenvalue weighted by molar-refractivity contribution is 7.92. The van der Waals surface area contributed by atoms with Gasteiger partial charge in [0.05, 0.1) is 39.5 Å². The summed E-state index contributed by atoms with van der Waals surface area (Å²) < 4.78 is 80.0. The molecule has 8 nitrogen and oxygen atoms in total. The number of aromatic nitrogens is 1. The summed E-state index contributed by atoms with van der Waals surface area (Å²) in [5.41, 5.74) is -1.36. The van der Waals surface area contributed by atoms with Gasteiger partial charge in [0.2, 0.25) is 5.91 Å². The van der Waals surface area contributed by atoms with Crippen molar-refractivity contribution in [1.82, 2.24) is 10.5 Å². The van der Waals surface area contributed by atoms with E-state index in [4.69, 9.17) is 9.26 Å². The molecule has 0 radical (unpaired) electrons. The van der Waals surface area contributed by atoms with Gasteiger partial charge in [0.25, 0.3) is 0 Å². The predicted molar refractivity (Wildman–Crippen MR) is 121 cm³/mol. The lowest BCUT2D eigenvalue weighted by atomic mass is 10.0. The SMILES string of the molecule is CCOC1C[C@H](S(=O)(=O)c2ccc(-c3c(C)noc3C)cc2C(F)(F)F)C[C@H]1C(=O)NC1(C#N)CC1. The summed E-state index contributed by atoms with van der Waals surface area (Å²) in [4.78, 5) is 12.0. The quantitative estimate of drug-likeness (QED) is 0.577. The number of nitrogens with one attached hydrogen (secondary N) is 1. The molecule has 1 heterocycles. The number of hydrogen-bond donors (Lipinski definition) is 1. The predicted octanol–water partition coefficient (Wildman–Crippen LogP) is 4.11. The van der Waals surface area contributed by atoms with Crippen molar-refractivity contribution in [3.05, 3.63) is 35.2 Å². The average Bonchev–Trinajstić information content (AvgIpc) is 3.31. The van der Waals surface area contributed by atoms with Crippen molar-refractivity contribution in [2.24, 2.45) is 5.92 Å². The van der Waals surface area contributed by atoms with Crippen LogP contribution in [0.3, 0.4) is 0 Å². The van der Waals surface area contributed by atoms with Gasteiger partial charge in [0, 0.05) is 12.2 Å². The molecular weight excluding hydrogens is 499 g/mol. The lowest BCUT2D eigenvalue weighted by Crippen LogP contribution is -2.42. The molecule has 194 valence electrons. The second kappa shape index (κ2) is 9.19. The topological polar surface area (TPSA) is 122 Å². The number of carbonyl (C=O) groups is 1. The molecule has 1 amide bonds. The Morgan fingerprint density at radius 3 is 2.53 bits per heavy atom. The number of nitrogens with zero attached hydrogens (tertiary/aromatic N) is 2. The van der Waals surface area contributed by atoms with Crippen molar-refractivity contribution in [3.63, 3.8) is 0 Å². The zero-order chi connectivity index (χ0) is 26.5. The minimum Gasteiger partial charge on any atom is -0.378 e. The summed E-state index contributed by atoms with van der Waals surface area (Å²) in [5.74, 6) is -1.10. The van der Waals surface area contributed by atoms with Crippen molar-refractivity contribution in [2.75, 3.05) is 6.61 Å². The van der Waals surface area contributed by atoms with Gasteiger partial charge in [0.15, 0.2) is 9.84 Å². The van der Waals surface area contributed by atoms with Crippen LogP contribution in [0.5, 0.6) is 0 Å². The van der Waals surface area contributed by atoms with E-state index in [2.05, 4.69) is 10.5 Å². The van der Waals surface area contributed by atoms with E-state index in [9.17, 15) is 31.6 Å². The van der Waals surface area contributed by atoms with E-state index in [1.165, 1.54) is 6.07 Å². The number of nitriles is 1. The summed E-state index contributed by atoms with van der Waals surface area (Å²) in [6.45, 7) is 5.02. The second-order valence-corrected chi connectivity index (χ2v) is 11.5. The number of halogens is 3. The van der Waals surface area contributed by atoms with E-state index in [0.29, 0.717) is 29.9 Å². The molecule has 0 saturated heterocycles. The van der Waals surface area contributed by atoms with Crippen LogP contribution in [-0.4, -0.2) is 43.0 Å². The van der Waals surface area contributed by atoms with E-state index >= 15 is 0 Å². The maximum Gasteiger partial charge on any atom is 0.417 e. The van der Waals surface area contributed by atoms with E-state index in [1.54, 1.807) is 20.8 Å². The minimum atomic E-state index is -4.95. The van der Waals surface area contributed by atoms with Gasteiger partial charge in [-0.1, -0.05) is 11.2 Å². The van der Waals surface area contributed by atoms with Gasteiger partial charge < -0.3 is 14.6 Å². The molecule has 1 aromatic carbocycles. The van der Waals surface area contributed by atoms with E-state index in [1.807, 2.05) is 6.07 Å². The Bertz CT molecular complexity index is 1310. The molecule has 2 aromatic rings. The summed E-state index contributed by atoms with van der Waals surface area (Å²) in [6.07, 6.45) is -5.08. The highest BCUT2D eigenvalue weighted by Crippen LogP contribution is 2.43. The molecule has 4 rings (SSSR count). The number of sulfone groups is 1. The highest BCUT2D eigenvalue weighted by atomic mass is 32.2. The largest absolute Gasteiger partial charge is 0.417 e. The van der Waals surface area contributed by atoms with E-state index in [-0.39, 0.29) is 25.0 Å². The maximum absolute atomic E-state index is 14.1. The standard InChI is InChI=1S/C24H26F3N3O5S/c1-4-34-19-11-16(10-17(19)22(31)29-23(12-28)7-8-23)36(32,33)20-6-5-15(9-18(20)24(25,26)27)21-13(2)30-35-14(21)3/h5-6,9,16-17,19H,4,7-8,10-11H2,1-3H3,(H,29,31)/t16-,17-,19?/m1/s1. The lowest BCUT2D eigenvalue weighted by molar-refractivity contribution is -0.139. The minimum absolute atomic E-state index is 0.128. The van der Waals surface area contributed by atoms with Gasteiger partial charge in [0.1, 0.15) is 11.3 Å². The molecule has 2 aliphatic rings.